The first-order valence-electron chi connectivity index (χ1n) is 17.0. The summed E-state index contributed by atoms with van der Waals surface area (Å²) in [5.74, 6) is -0.355. The maximum absolute atomic E-state index is 13.0. The molecule has 2 N–H and O–H groups in total. The lowest BCUT2D eigenvalue weighted by molar-refractivity contribution is -0.903. The van der Waals surface area contributed by atoms with Crippen LogP contribution in [0.5, 0.6) is 0 Å². The lowest BCUT2D eigenvalue weighted by Gasteiger charge is -2.29. The number of nitrogens with zero attached hydrogens (tertiary/aromatic N) is 4. The molecule has 4 aromatic rings. The number of hydrogen-bond acceptors (Lipinski definition) is 4. The molecule has 2 amide bonds. The van der Waals surface area contributed by atoms with Crippen molar-refractivity contribution in [1.29, 1.82) is 0 Å². The largest absolute Gasteiger partial charge is 0.325 e. The van der Waals surface area contributed by atoms with Gasteiger partial charge < -0.3 is 19.6 Å². The Balaban J connectivity index is 1.33. The number of carbonyl (C=O) groups excluding carboxylic acids is 2. The van der Waals surface area contributed by atoms with E-state index < -0.39 is 0 Å². The van der Waals surface area contributed by atoms with E-state index in [9.17, 15) is 9.59 Å². The van der Waals surface area contributed by atoms with Gasteiger partial charge >= 0.3 is 0 Å². The van der Waals surface area contributed by atoms with Gasteiger partial charge in [0, 0.05) is 33.6 Å². The van der Waals surface area contributed by atoms with Crippen molar-refractivity contribution in [1.82, 2.24) is 0 Å². The van der Waals surface area contributed by atoms with E-state index in [2.05, 4.69) is 62.9 Å². The van der Waals surface area contributed by atoms with Crippen molar-refractivity contribution in [3.05, 3.63) is 119 Å². The Labute approximate surface area is 286 Å². The molecule has 0 aliphatic rings. The van der Waals surface area contributed by atoms with Gasteiger partial charge in [-0.05, 0) is 73.5 Å². The van der Waals surface area contributed by atoms with Crippen LogP contribution in [0.15, 0.2) is 107 Å². The zero-order valence-corrected chi connectivity index (χ0v) is 29.5. The highest BCUT2D eigenvalue weighted by Crippen LogP contribution is 2.24. The van der Waals surface area contributed by atoms with Gasteiger partial charge in [-0.15, -0.1) is 0 Å². The van der Waals surface area contributed by atoms with E-state index >= 15 is 0 Å². The molecule has 252 valence electrons. The van der Waals surface area contributed by atoms with E-state index in [0.717, 1.165) is 35.1 Å². The van der Waals surface area contributed by atoms with Crippen molar-refractivity contribution in [3.63, 3.8) is 0 Å². The van der Waals surface area contributed by atoms with Crippen LogP contribution in [0.1, 0.15) is 71.4 Å². The average Bonchev–Trinajstić information content (AvgIpc) is 3.06. The molecule has 0 aromatic heterocycles. The van der Waals surface area contributed by atoms with Crippen molar-refractivity contribution in [2.24, 2.45) is 10.2 Å². The predicted octanol–water partition coefficient (Wildman–Crippen LogP) is 9.36. The monoisotopic (exact) mass is 648 g/mol. The third-order valence-electron chi connectivity index (χ3n) is 8.38. The summed E-state index contributed by atoms with van der Waals surface area (Å²) in [4.78, 5) is 25.9. The van der Waals surface area contributed by atoms with Crippen LogP contribution in [-0.4, -0.2) is 62.1 Å². The Bertz CT molecular complexity index is 1550. The second-order valence-electron chi connectivity index (χ2n) is 13.9. The number of carbonyl (C=O) groups is 2. The normalized spacial score (nSPS) is 11.9. The zero-order chi connectivity index (χ0) is 34.6. The van der Waals surface area contributed by atoms with Gasteiger partial charge in [-0.1, -0.05) is 63.1 Å². The first-order valence-corrected chi connectivity index (χ1v) is 17.0. The number of unbranched alkanes of at least 4 members (excludes halogenated alkanes) is 2. The molecular weight excluding hydrogens is 596 g/mol. The lowest BCUT2D eigenvalue weighted by Crippen LogP contribution is -2.39. The van der Waals surface area contributed by atoms with Crippen LogP contribution < -0.4 is 10.6 Å². The average molecular weight is 649 g/mol. The fourth-order valence-corrected chi connectivity index (χ4v) is 5.66. The molecule has 0 bridgehead atoms. The number of nitrogens with one attached hydrogen (secondary N) is 2. The Kier molecular flexibility index (Phi) is 12.8. The minimum atomic E-state index is -0.177. The fraction of sp³-hybridized carbons (Fsp3) is 0.350. The second-order valence-corrected chi connectivity index (χ2v) is 13.9. The molecule has 8 nitrogen and oxygen atoms in total. The molecule has 0 aliphatic heterocycles. The molecule has 0 atom stereocenters. The van der Waals surface area contributed by atoms with Gasteiger partial charge in [0.05, 0.1) is 52.7 Å². The fourth-order valence-electron chi connectivity index (χ4n) is 5.66. The molecule has 8 heteroatoms. The van der Waals surface area contributed by atoms with Gasteiger partial charge in [-0.3, -0.25) is 9.59 Å². The smallest absolute Gasteiger partial charge is 0.255 e. The summed E-state index contributed by atoms with van der Waals surface area (Å²) in [5, 5.41) is 14.7. The Morgan fingerprint density at radius 3 is 1.29 bits per heavy atom. The maximum atomic E-state index is 13.0. The Morgan fingerprint density at radius 1 is 0.562 bits per heavy atom. The number of hydrogen-bond donors (Lipinski definition) is 2. The van der Waals surface area contributed by atoms with E-state index in [4.69, 9.17) is 0 Å². The van der Waals surface area contributed by atoms with E-state index in [1.54, 1.807) is 12.1 Å². The molecule has 4 rings (SSSR count). The number of amides is 2. The summed E-state index contributed by atoms with van der Waals surface area (Å²) in [6.45, 7) is 8.53. The molecule has 0 unspecified atom stereocenters. The van der Waals surface area contributed by atoms with Crippen LogP contribution in [0.25, 0.3) is 0 Å². The Morgan fingerprint density at radius 2 is 0.938 bits per heavy atom. The number of quaternary nitrogens is 2. The van der Waals surface area contributed by atoms with Crippen LogP contribution in [0.4, 0.5) is 22.7 Å². The minimum absolute atomic E-state index is 0.177. The van der Waals surface area contributed by atoms with Gasteiger partial charge in [-0.2, -0.15) is 10.2 Å². The highest BCUT2D eigenvalue weighted by molar-refractivity contribution is 6.05. The molecule has 4 aromatic carbocycles. The lowest BCUT2D eigenvalue weighted by atomic mass is 10.1. The number of azo groups is 1. The topological polar surface area (TPSA) is 82.9 Å². The summed E-state index contributed by atoms with van der Waals surface area (Å²) in [6, 6.07) is 30.2. The van der Waals surface area contributed by atoms with Crippen molar-refractivity contribution in [3.8, 4) is 0 Å². The SMILES string of the molecule is CCCC[N+](C)(C)Cc1ccc(C(=O)Nc2cccc(N=Nc3cccc(NC(=O)c4ccc(C[N+](C)(C)CCCC)cc4)c3)c2)cc1. The quantitative estimate of drug-likeness (QED) is 0.0938. The molecule has 48 heavy (non-hydrogen) atoms. The molecule has 0 radical (unpaired) electrons. The molecule has 0 aliphatic carbocycles. The molecule has 0 saturated heterocycles. The van der Waals surface area contributed by atoms with Crippen LogP contribution in [0.3, 0.4) is 0 Å². The van der Waals surface area contributed by atoms with Crippen LogP contribution >= 0.6 is 0 Å². The molecule has 0 fully saturated rings. The van der Waals surface area contributed by atoms with Gasteiger partial charge in [0.15, 0.2) is 0 Å². The van der Waals surface area contributed by atoms with Crippen LogP contribution in [0.2, 0.25) is 0 Å². The summed E-state index contributed by atoms with van der Waals surface area (Å²) < 4.78 is 1.84. The van der Waals surface area contributed by atoms with E-state index in [0.29, 0.717) is 33.9 Å². The van der Waals surface area contributed by atoms with Crippen molar-refractivity contribution in [2.75, 3.05) is 51.9 Å². The summed E-state index contributed by atoms with van der Waals surface area (Å²) >= 11 is 0. The third kappa shape index (κ3) is 11.5. The highest BCUT2D eigenvalue weighted by Gasteiger charge is 2.17. The Hall–Kier alpha value is -4.66. The number of rotatable bonds is 16. The van der Waals surface area contributed by atoms with Crippen LogP contribution in [0, 0.1) is 0 Å². The van der Waals surface area contributed by atoms with Gasteiger partial charge in [-0.25, -0.2) is 0 Å². The maximum Gasteiger partial charge on any atom is 0.255 e. The van der Waals surface area contributed by atoms with E-state index in [-0.39, 0.29) is 11.8 Å². The van der Waals surface area contributed by atoms with E-state index in [1.165, 1.54) is 36.8 Å². The molecular formula is C40H52N6O2+2. The van der Waals surface area contributed by atoms with Crippen molar-refractivity contribution < 1.29 is 18.6 Å². The van der Waals surface area contributed by atoms with Crippen molar-refractivity contribution >= 4 is 34.6 Å². The summed E-state index contributed by atoms with van der Waals surface area (Å²) in [5.41, 5.74) is 6.09. The summed E-state index contributed by atoms with van der Waals surface area (Å²) in [7, 11) is 8.97. The van der Waals surface area contributed by atoms with Crippen LogP contribution in [-0.2, 0) is 13.1 Å². The molecule has 0 spiro atoms. The zero-order valence-electron chi connectivity index (χ0n) is 29.5. The second kappa shape index (κ2) is 16.9. The molecule has 0 heterocycles. The van der Waals surface area contributed by atoms with Crippen molar-refractivity contribution in [2.45, 2.75) is 52.6 Å². The summed E-state index contributed by atoms with van der Waals surface area (Å²) in [6.07, 6.45) is 4.77. The third-order valence-corrected chi connectivity index (χ3v) is 8.38. The first-order chi connectivity index (χ1) is 22.9. The first kappa shape index (κ1) is 36.2. The highest BCUT2D eigenvalue weighted by atomic mass is 16.2. The number of benzene rings is 4. The molecule has 0 saturated carbocycles. The van der Waals surface area contributed by atoms with Gasteiger partial charge in [0.1, 0.15) is 13.1 Å². The van der Waals surface area contributed by atoms with E-state index in [1.807, 2.05) is 84.9 Å². The van der Waals surface area contributed by atoms with Gasteiger partial charge in [0.25, 0.3) is 11.8 Å². The van der Waals surface area contributed by atoms with Gasteiger partial charge in [0.2, 0.25) is 0 Å². The standard InChI is InChI=1S/C40H50N6O2/c1-7-9-25-45(3,4)29-31-17-21-33(22-18-31)39(47)41-35-13-11-15-37(27-35)43-44-38-16-12-14-36(28-38)42-40(48)34-23-19-32(20-24-34)30-46(5,6)26-10-8-2/h11-24,27-28H,7-10,25-26,29-30H2,1-6H3/p+2. The minimum Gasteiger partial charge on any atom is -0.325 e. The number of anilines is 2. The predicted molar refractivity (Wildman–Crippen MR) is 197 cm³/mol.